The van der Waals surface area contributed by atoms with Gasteiger partial charge in [0.05, 0.1) is 20.8 Å². The predicted molar refractivity (Wildman–Crippen MR) is 93.9 cm³/mol. The maximum absolute atomic E-state index is 5.43. The number of hydrogen-bond acceptors (Lipinski definition) is 7. The van der Waals surface area contributed by atoms with Crippen molar-refractivity contribution in [1.29, 1.82) is 0 Å². The van der Waals surface area contributed by atoms with E-state index in [0.29, 0.717) is 11.7 Å². The Balaban J connectivity index is 1.57. The Labute approximate surface area is 148 Å². The average molecular weight is 346 g/mol. The summed E-state index contributed by atoms with van der Waals surface area (Å²) in [5.74, 6) is 2.95. The zero-order valence-corrected chi connectivity index (χ0v) is 15.4. The second kappa shape index (κ2) is 7.84. The summed E-state index contributed by atoms with van der Waals surface area (Å²) in [6, 6.07) is 4.13. The molecule has 1 aliphatic heterocycles. The van der Waals surface area contributed by atoms with Crippen molar-refractivity contribution in [3.63, 3.8) is 0 Å². The van der Waals surface area contributed by atoms with Gasteiger partial charge in [-0.15, -0.1) is 0 Å². The lowest BCUT2D eigenvalue weighted by Crippen LogP contribution is -2.45. The van der Waals surface area contributed by atoms with Gasteiger partial charge in [0.2, 0.25) is 5.89 Å². The maximum atomic E-state index is 5.43. The Bertz CT molecular complexity index is 708. The van der Waals surface area contributed by atoms with Gasteiger partial charge in [-0.25, -0.2) is 0 Å². The molecule has 1 aromatic carbocycles. The second-order valence-corrected chi connectivity index (χ2v) is 6.42. The maximum Gasteiger partial charge on any atom is 0.240 e. The molecule has 0 spiro atoms. The molecule has 1 fully saturated rings. The number of nitrogens with zero attached hydrogens (tertiary/aromatic N) is 4. The third-order valence-corrected chi connectivity index (χ3v) is 4.63. The topological polar surface area (TPSA) is 63.9 Å². The largest absolute Gasteiger partial charge is 0.493 e. The van der Waals surface area contributed by atoms with E-state index in [1.54, 1.807) is 14.2 Å². The van der Waals surface area contributed by atoms with Gasteiger partial charge in [-0.3, -0.25) is 9.80 Å². The van der Waals surface area contributed by atoms with Crippen molar-refractivity contribution >= 4 is 0 Å². The standard InChI is InChI=1S/C18H26N4O3/c1-13-9-16(23-3)17(24-4)10-15(13)11-21-5-7-22(8-6-21)12-18-19-14(2)20-25-18/h9-10H,5-8,11-12H2,1-4H3. The molecule has 2 aromatic rings. The van der Waals surface area contributed by atoms with Crippen molar-refractivity contribution in [3.8, 4) is 11.5 Å². The molecule has 0 amide bonds. The van der Waals surface area contributed by atoms with Crippen molar-refractivity contribution < 1.29 is 14.0 Å². The lowest BCUT2D eigenvalue weighted by Gasteiger charge is -2.34. The number of ether oxygens (including phenoxy) is 2. The van der Waals surface area contributed by atoms with Crippen LogP contribution in [0.25, 0.3) is 0 Å². The molecule has 3 rings (SSSR count). The molecule has 2 heterocycles. The first-order chi connectivity index (χ1) is 12.1. The number of hydrogen-bond donors (Lipinski definition) is 0. The van der Waals surface area contributed by atoms with Crippen LogP contribution >= 0.6 is 0 Å². The molecule has 0 aliphatic carbocycles. The van der Waals surface area contributed by atoms with Crippen LogP contribution < -0.4 is 9.47 Å². The molecule has 1 aliphatic rings. The minimum Gasteiger partial charge on any atom is -0.493 e. The van der Waals surface area contributed by atoms with Gasteiger partial charge >= 0.3 is 0 Å². The van der Waals surface area contributed by atoms with Gasteiger partial charge < -0.3 is 14.0 Å². The zero-order valence-electron chi connectivity index (χ0n) is 15.4. The fraction of sp³-hybridized carbons (Fsp3) is 0.556. The van der Waals surface area contributed by atoms with E-state index in [0.717, 1.165) is 50.8 Å². The molecule has 0 saturated carbocycles. The normalized spacial score (nSPS) is 16.2. The molecule has 0 atom stereocenters. The molecular formula is C18H26N4O3. The highest BCUT2D eigenvalue weighted by Crippen LogP contribution is 2.31. The lowest BCUT2D eigenvalue weighted by molar-refractivity contribution is 0.112. The minimum atomic E-state index is 0.692. The van der Waals surface area contributed by atoms with Crippen molar-refractivity contribution in [3.05, 3.63) is 35.0 Å². The Morgan fingerprint density at radius 2 is 1.56 bits per heavy atom. The molecule has 0 bridgehead atoms. The van der Waals surface area contributed by atoms with E-state index in [-0.39, 0.29) is 0 Å². The highest BCUT2D eigenvalue weighted by atomic mass is 16.5. The molecule has 1 saturated heterocycles. The fourth-order valence-electron chi connectivity index (χ4n) is 3.14. The number of benzene rings is 1. The Morgan fingerprint density at radius 3 is 2.12 bits per heavy atom. The van der Waals surface area contributed by atoms with E-state index in [4.69, 9.17) is 14.0 Å². The van der Waals surface area contributed by atoms with E-state index in [9.17, 15) is 0 Å². The summed E-state index contributed by atoms with van der Waals surface area (Å²) in [5.41, 5.74) is 2.50. The van der Waals surface area contributed by atoms with Crippen molar-refractivity contribution in [2.75, 3.05) is 40.4 Å². The van der Waals surface area contributed by atoms with Crippen LogP contribution in [-0.4, -0.2) is 60.3 Å². The zero-order chi connectivity index (χ0) is 17.8. The van der Waals surface area contributed by atoms with Gasteiger partial charge in [0.1, 0.15) is 0 Å². The number of rotatable bonds is 6. The first-order valence-electron chi connectivity index (χ1n) is 8.54. The van der Waals surface area contributed by atoms with Crippen LogP contribution in [-0.2, 0) is 13.1 Å². The molecular weight excluding hydrogens is 320 g/mol. The third kappa shape index (κ3) is 4.29. The highest BCUT2D eigenvalue weighted by Gasteiger charge is 2.20. The van der Waals surface area contributed by atoms with Crippen LogP contribution in [0.3, 0.4) is 0 Å². The minimum absolute atomic E-state index is 0.692. The smallest absolute Gasteiger partial charge is 0.240 e. The summed E-state index contributed by atoms with van der Waals surface area (Å²) >= 11 is 0. The van der Waals surface area contributed by atoms with Gasteiger partial charge in [0.15, 0.2) is 17.3 Å². The monoisotopic (exact) mass is 346 g/mol. The molecule has 0 N–H and O–H groups in total. The van der Waals surface area contributed by atoms with Crippen LogP contribution in [0.1, 0.15) is 22.8 Å². The highest BCUT2D eigenvalue weighted by molar-refractivity contribution is 5.47. The van der Waals surface area contributed by atoms with Gasteiger partial charge in [-0.2, -0.15) is 4.98 Å². The van der Waals surface area contributed by atoms with Crippen molar-refractivity contribution in [2.24, 2.45) is 0 Å². The van der Waals surface area contributed by atoms with Gasteiger partial charge in [0.25, 0.3) is 0 Å². The molecule has 0 radical (unpaired) electrons. The summed E-state index contributed by atoms with van der Waals surface area (Å²) in [5, 5.41) is 3.85. The van der Waals surface area contributed by atoms with Crippen molar-refractivity contribution in [1.82, 2.24) is 19.9 Å². The Morgan fingerprint density at radius 1 is 0.960 bits per heavy atom. The molecule has 0 unspecified atom stereocenters. The number of methoxy groups -OCH3 is 2. The van der Waals surface area contributed by atoms with Crippen LogP contribution in [0, 0.1) is 13.8 Å². The summed E-state index contributed by atoms with van der Waals surface area (Å²) in [4.78, 5) is 9.09. The average Bonchev–Trinajstić information content (AvgIpc) is 3.02. The summed E-state index contributed by atoms with van der Waals surface area (Å²) in [6.07, 6.45) is 0. The summed E-state index contributed by atoms with van der Waals surface area (Å²) in [6.45, 7) is 9.62. The third-order valence-electron chi connectivity index (χ3n) is 4.63. The van der Waals surface area contributed by atoms with E-state index in [1.165, 1.54) is 11.1 Å². The predicted octanol–water partition coefficient (Wildman–Crippen LogP) is 2.02. The van der Waals surface area contributed by atoms with E-state index < -0.39 is 0 Å². The molecule has 7 heteroatoms. The van der Waals surface area contributed by atoms with Crippen LogP contribution in [0.4, 0.5) is 0 Å². The Kier molecular flexibility index (Phi) is 5.55. The second-order valence-electron chi connectivity index (χ2n) is 6.42. The molecule has 25 heavy (non-hydrogen) atoms. The number of aromatic nitrogens is 2. The molecule has 1 aromatic heterocycles. The SMILES string of the molecule is COc1cc(C)c(CN2CCN(Cc3nc(C)no3)CC2)cc1OC. The first kappa shape index (κ1) is 17.7. The fourth-order valence-corrected chi connectivity index (χ4v) is 3.14. The van der Waals surface area contributed by atoms with Crippen LogP contribution in [0.2, 0.25) is 0 Å². The van der Waals surface area contributed by atoms with E-state index in [2.05, 4.69) is 32.9 Å². The lowest BCUT2D eigenvalue weighted by atomic mass is 10.1. The van der Waals surface area contributed by atoms with Crippen LogP contribution in [0.15, 0.2) is 16.7 Å². The van der Waals surface area contributed by atoms with Crippen LogP contribution in [0.5, 0.6) is 11.5 Å². The van der Waals surface area contributed by atoms with E-state index in [1.807, 2.05) is 13.0 Å². The number of piperazine rings is 1. The number of aryl methyl sites for hydroxylation is 2. The van der Waals surface area contributed by atoms with Gasteiger partial charge in [0, 0.05) is 32.7 Å². The Hall–Kier alpha value is -2.12. The molecule has 136 valence electrons. The van der Waals surface area contributed by atoms with E-state index >= 15 is 0 Å². The summed E-state index contributed by atoms with van der Waals surface area (Å²) < 4.78 is 16.0. The summed E-state index contributed by atoms with van der Waals surface area (Å²) in [7, 11) is 3.34. The van der Waals surface area contributed by atoms with Gasteiger partial charge in [-0.05, 0) is 37.1 Å². The quantitative estimate of drug-likeness (QED) is 0.793. The first-order valence-corrected chi connectivity index (χ1v) is 8.54. The molecule has 7 nitrogen and oxygen atoms in total. The van der Waals surface area contributed by atoms with Gasteiger partial charge in [-0.1, -0.05) is 5.16 Å². The van der Waals surface area contributed by atoms with Crippen molar-refractivity contribution in [2.45, 2.75) is 26.9 Å².